The van der Waals surface area contributed by atoms with Crippen molar-refractivity contribution in [3.8, 4) is 0 Å². The zero-order chi connectivity index (χ0) is 17.4. The van der Waals surface area contributed by atoms with Gasteiger partial charge in [-0.15, -0.1) is 0 Å². The normalized spacial score (nSPS) is 11.0. The van der Waals surface area contributed by atoms with Gasteiger partial charge in [0.05, 0.1) is 12.2 Å². The van der Waals surface area contributed by atoms with Crippen LogP contribution >= 0.6 is 0 Å². The van der Waals surface area contributed by atoms with Gasteiger partial charge in [0, 0.05) is 6.08 Å². The van der Waals surface area contributed by atoms with Gasteiger partial charge in [-0.1, -0.05) is 46.3 Å². The number of hydrogen-bond acceptors (Lipinski definition) is 4. The third-order valence-corrected chi connectivity index (χ3v) is 2.78. The van der Waals surface area contributed by atoms with Crippen molar-refractivity contribution in [3.63, 3.8) is 0 Å². The summed E-state index contributed by atoms with van der Waals surface area (Å²) in [5.41, 5.74) is 0.0581. The number of carboxylic acid groups (broad SMARTS) is 1. The van der Waals surface area contributed by atoms with Crippen molar-refractivity contribution in [1.82, 2.24) is 0 Å². The molecule has 0 aliphatic carbocycles. The van der Waals surface area contributed by atoms with Gasteiger partial charge in [0.1, 0.15) is 6.29 Å². The first kappa shape index (κ1) is 22.1. The number of carbonyl (C=O) groups excluding carboxylic acids is 2. The number of hydrogen-bond donors (Lipinski definition) is 1. The Labute approximate surface area is 132 Å². The maximum absolute atomic E-state index is 11.5. The Bertz CT molecular complexity index is 390. The first-order chi connectivity index (χ1) is 10.4. The smallest absolute Gasteiger partial charge is 0.337 e. The second-order valence-corrected chi connectivity index (χ2v) is 4.58. The topological polar surface area (TPSA) is 80.7 Å². The largest absolute Gasteiger partial charge is 0.478 e. The molecule has 0 aliphatic heterocycles. The molecule has 1 N–H and O–H groups in total. The van der Waals surface area contributed by atoms with Crippen molar-refractivity contribution < 1.29 is 24.2 Å². The summed E-state index contributed by atoms with van der Waals surface area (Å²) in [4.78, 5) is 30.8. The van der Waals surface area contributed by atoms with E-state index in [4.69, 9.17) is 14.6 Å². The van der Waals surface area contributed by atoms with Crippen molar-refractivity contribution >= 4 is 18.2 Å². The Morgan fingerprint density at radius 3 is 2.27 bits per heavy atom. The van der Waals surface area contributed by atoms with E-state index in [9.17, 15) is 9.59 Å². The van der Waals surface area contributed by atoms with E-state index in [-0.39, 0.29) is 5.57 Å². The van der Waals surface area contributed by atoms with Gasteiger partial charge in [0.25, 0.3) is 0 Å². The highest BCUT2D eigenvalue weighted by molar-refractivity contribution is 5.93. The monoisotopic (exact) mass is 310 g/mol. The van der Waals surface area contributed by atoms with Crippen LogP contribution in [-0.2, 0) is 19.1 Å². The Balaban J connectivity index is 0. The predicted molar refractivity (Wildman–Crippen MR) is 86.4 cm³/mol. The van der Waals surface area contributed by atoms with Crippen LogP contribution in [0.1, 0.15) is 39.5 Å². The number of aldehydes is 1. The fourth-order valence-corrected chi connectivity index (χ4v) is 1.42. The molecule has 1 unspecified atom stereocenters. The van der Waals surface area contributed by atoms with Crippen LogP contribution in [-0.4, -0.2) is 29.9 Å². The fourth-order valence-electron chi connectivity index (χ4n) is 1.42. The van der Waals surface area contributed by atoms with E-state index in [2.05, 4.69) is 27.0 Å². The lowest BCUT2D eigenvalue weighted by molar-refractivity contribution is -0.140. The predicted octanol–water partition coefficient (Wildman–Crippen LogP) is 3.31. The molecule has 0 bridgehead atoms. The zero-order valence-corrected chi connectivity index (χ0v) is 13.4. The van der Waals surface area contributed by atoms with Crippen LogP contribution in [0.3, 0.4) is 0 Å². The van der Waals surface area contributed by atoms with E-state index in [1.54, 1.807) is 0 Å². The van der Waals surface area contributed by atoms with Gasteiger partial charge in [0.15, 0.2) is 0 Å². The van der Waals surface area contributed by atoms with E-state index in [1.165, 1.54) is 6.08 Å². The molecule has 0 aromatic rings. The van der Waals surface area contributed by atoms with Crippen molar-refractivity contribution in [2.75, 3.05) is 6.61 Å². The number of allylic oxidation sites excluding steroid dienone is 1. The molecule has 0 radical (unpaired) electrons. The summed E-state index contributed by atoms with van der Waals surface area (Å²) in [5.74, 6) is -1.30. The maximum Gasteiger partial charge on any atom is 0.337 e. The number of carboxylic acids is 1. The number of esters is 1. The van der Waals surface area contributed by atoms with Crippen LogP contribution < -0.4 is 0 Å². The summed E-state index contributed by atoms with van der Waals surface area (Å²) in [7, 11) is 0. The molecular formula is C17H26O5. The van der Waals surface area contributed by atoms with Crippen LogP contribution in [0.4, 0.5) is 0 Å². The molecule has 5 nitrogen and oxygen atoms in total. The van der Waals surface area contributed by atoms with Crippen molar-refractivity contribution in [1.29, 1.82) is 0 Å². The average Bonchev–Trinajstić information content (AvgIpc) is 2.52. The number of aliphatic carboxylic acids is 1. The number of carbonyl (C=O) groups is 3. The summed E-state index contributed by atoms with van der Waals surface area (Å²) in [6.45, 7) is 11.1. The summed E-state index contributed by atoms with van der Waals surface area (Å²) < 4.78 is 5.10. The molecule has 0 heterocycles. The summed E-state index contributed by atoms with van der Waals surface area (Å²) in [6, 6.07) is 0. The highest BCUT2D eigenvalue weighted by Crippen LogP contribution is 2.13. The first-order valence-corrected chi connectivity index (χ1v) is 7.26. The number of ether oxygens (including phenoxy) is 1. The lowest BCUT2D eigenvalue weighted by atomic mass is 10.0. The van der Waals surface area contributed by atoms with E-state index in [0.29, 0.717) is 18.8 Å². The van der Waals surface area contributed by atoms with Crippen molar-refractivity contribution in [2.45, 2.75) is 39.5 Å². The molecular weight excluding hydrogens is 284 g/mol. The molecule has 0 aromatic carbocycles. The summed E-state index contributed by atoms with van der Waals surface area (Å²) in [5, 5.41) is 8.42. The lowest BCUT2D eigenvalue weighted by Crippen LogP contribution is -2.14. The van der Waals surface area contributed by atoms with E-state index >= 15 is 0 Å². The van der Waals surface area contributed by atoms with E-state index in [1.807, 2.05) is 0 Å². The van der Waals surface area contributed by atoms with Crippen molar-refractivity contribution in [3.05, 3.63) is 37.0 Å². The highest BCUT2D eigenvalue weighted by atomic mass is 16.5. The fraction of sp³-hybridized carbons (Fsp3) is 0.471. The summed E-state index contributed by atoms with van der Waals surface area (Å²) >= 11 is 0. The third-order valence-electron chi connectivity index (χ3n) is 2.78. The minimum Gasteiger partial charge on any atom is -0.478 e. The minimum absolute atomic E-state index is 0.0581. The molecule has 0 saturated carbocycles. The Kier molecular flexibility index (Phi) is 15.3. The Hall–Kier alpha value is -2.17. The maximum atomic E-state index is 11.5. The van der Waals surface area contributed by atoms with Crippen LogP contribution in [0.15, 0.2) is 37.0 Å². The standard InChI is InChI=1S/C14H22O4.C3H4O/c1-4-6-7-12(5-2)10-18-14(17)11(3)8-9-13(15)16;1-2-3-4/h8-9,12H,3-7,10H2,1-2H3,(H,15,16);2-3H,1H2. The third kappa shape index (κ3) is 14.2. The van der Waals surface area contributed by atoms with Gasteiger partial charge < -0.3 is 9.84 Å². The quantitative estimate of drug-likeness (QED) is 0.290. The molecule has 0 aromatic heterocycles. The molecule has 1 atom stereocenters. The highest BCUT2D eigenvalue weighted by Gasteiger charge is 2.11. The second-order valence-electron chi connectivity index (χ2n) is 4.58. The molecule has 0 amide bonds. The molecule has 124 valence electrons. The lowest BCUT2D eigenvalue weighted by Gasteiger charge is -2.14. The molecule has 0 rings (SSSR count). The molecule has 0 saturated heterocycles. The van der Waals surface area contributed by atoms with Crippen molar-refractivity contribution in [2.24, 2.45) is 5.92 Å². The van der Waals surface area contributed by atoms with Gasteiger partial charge >= 0.3 is 11.9 Å². The second kappa shape index (κ2) is 15.2. The van der Waals surface area contributed by atoms with E-state index in [0.717, 1.165) is 37.8 Å². The average molecular weight is 310 g/mol. The van der Waals surface area contributed by atoms with Gasteiger partial charge in [0.2, 0.25) is 0 Å². The SMILES string of the molecule is C=C(C=CC(=O)O)C(=O)OCC(CC)CCCC.C=CC=O. The Morgan fingerprint density at radius 1 is 1.27 bits per heavy atom. The summed E-state index contributed by atoms with van der Waals surface area (Å²) in [6.07, 6.45) is 8.10. The van der Waals surface area contributed by atoms with Gasteiger partial charge in [-0.05, 0) is 24.5 Å². The number of rotatable bonds is 10. The van der Waals surface area contributed by atoms with Crippen LogP contribution in [0, 0.1) is 5.92 Å². The van der Waals surface area contributed by atoms with Crippen LogP contribution in [0.2, 0.25) is 0 Å². The van der Waals surface area contributed by atoms with Gasteiger partial charge in [-0.2, -0.15) is 0 Å². The molecule has 0 spiro atoms. The molecule has 0 aliphatic rings. The minimum atomic E-state index is -1.11. The Morgan fingerprint density at radius 2 is 1.86 bits per heavy atom. The number of unbranched alkanes of at least 4 members (excludes halogenated alkanes) is 1. The van der Waals surface area contributed by atoms with Crippen LogP contribution in [0.5, 0.6) is 0 Å². The zero-order valence-electron chi connectivity index (χ0n) is 13.4. The van der Waals surface area contributed by atoms with Gasteiger partial charge in [-0.25, -0.2) is 9.59 Å². The molecule has 0 fully saturated rings. The van der Waals surface area contributed by atoms with Gasteiger partial charge in [-0.3, -0.25) is 4.79 Å². The molecule has 5 heteroatoms. The van der Waals surface area contributed by atoms with E-state index < -0.39 is 11.9 Å². The molecule has 22 heavy (non-hydrogen) atoms. The first-order valence-electron chi connectivity index (χ1n) is 7.26. The van der Waals surface area contributed by atoms with Crippen LogP contribution in [0.25, 0.3) is 0 Å².